The van der Waals surface area contributed by atoms with Gasteiger partial charge in [-0.15, -0.1) is 0 Å². The van der Waals surface area contributed by atoms with Gasteiger partial charge in [-0.2, -0.15) is 5.10 Å². The number of alkyl halides is 1. The van der Waals surface area contributed by atoms with E-state index >= 15 is 0 Å². The lowest BCUT2D eigenvalue weighted by Gasteiger charge is -2.11. The molecule has 0 N–H and O–H groups in total. The van der Waals surface area contributed by atoms with Gasteiger partial charge in [-0.3, -0.25) is 4.68 Å². The van der Waals surface area contributed by atoms with Gasteiger partial charge in [0.25, 0.3) is 0 Å². The SMILES string of the molecule is CCC(CBr)COc1cnn(CC)c1. The highest BCUT2D eigenvalue weighted by molar-refractivity contribution is 9.09. The first-order valence-electron chi connectivity index (χ1n) is 5.01. The van der Waals surface area contributed by atoms with Crippen LogP contribution in [0.25, 0.3) is 0 Å². The van der Waals surface area contributed by atoms with Gasteiger partial charge in [0.1, 0.15) is 0 Å². The molecule has 0 amide bonds. The summed E-state index contributed by atoms with van der Waals surface area (Å²) in [6.45, 7) is 5.88. The van der Waals surface area contributed by atoms with Crippen LogP contribution in [0.5, 0.6) is 5.75 Å². The monoisotopic (exact) mass is 260 g/mol. The zero-order valence-corrected chi connectivity index (χ0v) is 10.3. The van der Waals surface area contributed by atoms with Gasteiger partial charge >= 0.3 is 0 Å². The predicted molar refractivity (Wildman–Crippen MR) is 61.0 cm³/mol. The van der Waals surface area contributed by atoms with Gasteiger partial charge in [-0.25, -0.2) is 0 Å². The summed E-state index contributed by atoms with van der Waals surface area (Å²) in [6.07, 6.45) is 4.83. The molecule has 3 nitrogen and oxygen atoms in total. The quantitative estimate of drug-likeness (QED) is 0.736. The molecule has 14 heavy (non-hydrogen) atoms. The van der Waals surface area contributed by atoms with Crippen molar-refractivity contribution >= 4 is 15.9 Å². The molecule has 0 aromatic carbocycles. The standard InChI is InChI=1S/C10H17BrN2O/c1-3-9(5-11)8-14-10-6-12-13(4-2)7-10/h6-7,9H,3-5,8H2,1-2H3. The molecule has 0 aliphatic carbocycles. The van der Waals surface area contributed by atoms with Crippen LogP contribution in [0.15, 0.2) is 12.4 Å². The fraction of sp³-hybridized carbons (Fsp3) is 0.700. The van der Waals surface area contributed by atoms with E-state index in [1.807, 2.05) is 10.9 Å². The first-order valence-corrected chi connectivity index (χ1v) is 6.13. The number of nitrogens with zero attached hydrogens (tertiary/aromatic N) is 2. The highest BCUT2D eigenvalue weighted by Gasteiger charge is 2.06. The molecule has 0 bridgehead atoms. The van der Waals surface area contributed by atoms with Gasteiger partial charge in [0, 0.05) is 17.8 Å². The minimum Gasteiger partial charge on any atom is -0.490 e. The first kappa shape index (κ1) is 11.6. The van der Waals surface area contributed by atoms with Crippen molar-refractivity contribution in [3.8, 4) is 5.75 Å². The van der Waals surface area contributed by atoms with Crippen molar-refractivity contribution in [2.45, 2.75) is 26.8 Å². The molecule has 1 atom stereocenters. The molecule has 1 aromatic heterocycles. The Labute approximate surface area is 93.6 Å². The van der Waals surface area contributed by atoms with E-state index in [-0.39, 0.29) is 0 Å². The largest absolute Gasteiger partial charge is 0.490 e. The van der Waals surface area contributed by atoms with E-state index < -0.39 is 0 Å². The Balaban J connectivity index is 2.37. The number of aromatic nitrogens is 2. The van der Waals surface area contributed by atoms with Crippen LogP contribution in [0.1, 0.15) is 20.3 Å². The summed E-state index contributed by atoms with van der Waals surface area (Å²) in [4.78, 5) is 0. The molecule has 80 valence electrons. The summed E-state index contributed by atoms with van der Waals surface area (Å²) in [5, 5.41) is 5.14. The summed E-state index contributed by atoms with van der Waals surface area (Å²) in [6, 6.07) is 0. The van der Waals surface area contributed by atoms with E-state index in [1.165, 1.54) is 0 Å². The number of aryl methyl sites for hydroxylation is 1. The molecule has 0 radical (unpaired) electrons. The maximum atomic E-state index is 5.62. The van der Waals surface area contributed by atoms with Gasteiger partial charge in [-0.05, 0) is 13.3 Å². The van der Waals surface area contributed by atoms with Crippen molar-refractivity contribution in [1.82, 2.24) is 9.78 Å². The summed E-state index contributed by atoms with van der Waals surface area (Å²) in [5.74, 6) is 1.45. The Morgan fingerprint density at radius 1 is 1.57 bits per heavy atom. The Morgan fingerprint density at radius 3 is 2.86 bits per heavy atom. The van der Waals surface area contributed by atoms with Crippen LogP contribution in [0.2, 0.25) is 0 Å². The zero-order chi connectivity index (χ0) is 10.4. The lowest BCUT2D eigenvalue weighted by Crippen LogP contribution is -2.12. The molecule has 0 saturated heterocycles. The van der Waals surface area contributed by atoms with E-state index in [0.717, 1.165) is 30.7 Å². The second kappa shape index (κ2) is 6.06. The predicted octanol–water partition coefficient (Wildman–Crippen LogP) is 2.70. The fourth-order valence-electron chi connectivity index (χ4n) is 1.08. The van der Waals surface area contributed by atoms with E-state index in [1.54, 1.807) is 6.20 Å². The van der Waals surface area contributed by atoms with Crippen molar-refractivity contribution in [1.29, 1.82) is 0 Å². The lowest BCUT2D eigenvalue weighted by atomic mass is 10.1. The maximum Gasteiger partial charge on any atom is 0.157 e. The van der Waals surface area contributed by atoms with Crippen LogP contribution >= 0.6 is 15.9 Å². The number of hydrogen-bond donors (Lipinski definition) is 0. The Hall–Kier alpha value is -0.510. The summed E-state index contributed by atoms with van der Waals surface area (Å²) in [7, 11) is 0. The normalized spacial score (nSPS) is 12.8. The van der Waals surface area contributed by atoms with Crippen molar-refractivity contribution in [3.63, 3.8) is 0 Å². The minimum atomic E-state index is 0.583. The number of halogens is 1. The average molecular weight is 261 g/mol. The van der Waals surface area contributed by atoms with Gasteiger partial charge in [0.2, 0.25) is 0 Å². The smallest absolute Gasteiger partial charge is 0.157 e. The molecule has 0 saturated carbocycles. The van der Waals surface area contributed by atoms with Crippen LogP contribution in [-0.2, 0) is 6.54 Å². The lowest BCUT2D eigenvalue weighted by molar-refractivity contribution is 0.260. The first-order chi connectivity index (χ1) is 6.80. The van der Waals surface area contributed by atoms with Gasteiger partial charge in [-0.1, -0.05) is 22.9 Å². The third kappa shape index (κ3) is 3.33. The molecule has 1 rings (SSSR count). The van der Waals surface area contributed by atoms with Gasteiger partial charge < -0.3 is 4.74 Å². The van der Waals surface area contributed by atoms with Crippen molar-refractivity contribution in [3.05, 3.63) is 12.4 Å². The van der Waals surface area contributed by atoms with Crippen LogP contribution in [0, 0.1) is 5.92 Å². The number of hydrogen-bond acceptors (Lipinski definition) is 2. The molecule has 1 unspecified atom stereocenters. The third-order valence-electron chi connectivity index (χ3n) is 2.21. The van der Waals surface area contributed by atoms with E-state index in [2.05, 4.69) is 34.9 Å². The van der Waals surface area contributed by atoms with Crippen molar-refractivity contribution < 1.29 is 4.74 Å². The third-order valence-corrected chi connectivity index (χ3v) is 3.13. The average Bonchev–Trinajstić information content (AvgIpc) is 2.67. The van der Waals surface area contributed by atoms with Gasteiger partial charge in [0.15, 0.2) is 5.75 Å². The summed E-state index contributed by atoms with van der Waals surface area (Å²) in [5.41, 5.74) is 0. The van der Waals surface area contributed by atoms with Crippen molar-refractivity contribution in [2.75, 3.05) is 11.9 Å². The molecular weight excluding hydrogens is 244 g/mol. The second-order valence-corrected chi connectivity index (χ2v) is 3.92. The fourth-order valence-corrected chi connectivity index (χ4v) is 1.72. The Bertz CT molecular complexity index is 258. The topological polar surface area (TPSA) is 27.1 Å². The highest BCUT2D eigenvalue weighted by Crippen LogP contribution is 2.12. The molecule has 4 heteroatoms. The van der Waals surface area contributed by atoms with Crippen LogP contribution in [-0.4, -0.2) is 21.7 Å². The molecule has 0 aliphatic heterocycles. The van der Waals surface area contributed by atoms with Crippen LogP contribution < -0.4 is 4.74 Å². The molecule has 1 heterocycles. The van der Waals surface area contributed by atoms with E-state index in [9.17, 15) is 0 Å². The molecule has 0 fully saturated rings. The van der Waals surface area contributed by atoms with E-state index in [4.69, 9.17) is 4.74 Å². The number of rotatable bonds is 6. The second-order valence-electron chi connectivity index (χ2n) is 3.27. The Kier molecular flexibility index (Phi) is 5.01. The van der Waals surface area contributed by atoms with E-state index in [0.29, 0.717) is 5.92 Å². The summed E-state index contributed by atoms with van der Waals surface area (Å²) < 4.78 is 7.48. The molecule has 1 aromatic rings. The zero-order valence-electron chi connectivity index (χ0n) is 8.74. The van der Waals surface area contributed by atoms with Crippen LogP contribution in [0.3, 0.4) is 0 Å². The van der Waals surface area contributed by atoms with Gasteiger partial charge in [0.05, 0.1) is 19.0 Å². The number of ether oxygens (including phenoxy) is 1. The summed E-state index contributed by atoms with van der Waals surface area (Å²) >= 11 is 3.47. The highest BCUT2D eigenvalue weighted by atomic mass is 79.9. The van der Waals surface area contributed by atoms with Crippen molar-refractivity contribution in [2.24, 2.45) is 5.92 Å². The Morgan fingerprint density at radius 2 is 2.36 bits per heavy atom. The maximum absolute atomic E-state index is 5.62. The van der Waals surface area contributed by atoms with Crippen LogP contribution in [0.4, 0.5) is 0 Å². The minimum absolute atomic E-state index is 0.583. The molecular formula is C10H17BrN2O. The molecule has 0 aliphatic rings. The molecule has 0 spiro atoms.